The van der Waals surface area contributed by atoms with Gasteiger partial charge >= 0.3 is 0 Å². The van der Waals surface area contributed by atoms with E-state index < -0.39 is 9.52 Å². The Hall–Kier alpha value is -3.05. The van der Waals surface area contributed by atoms with Crippen LogP contribution in [0.15, 0.2) is 36.8 Å². The van der Waals surface area contributed by atoms with Crippen LogP contribution in [0.5, 0.6) is 5.75 Å². The summed E-state index contributed by atoms with van der Waals surface area (Å²) in [5.41, 5.74) is 2.96. The summed E-state index contributed by atoms with van der Waals surface area (Å²) in [7, 11) is -1.93. The van der Waals surface area contributed by atoms with Crippen LogP contribution < -0.4 is 9.64 Å². The van der Waals surface area contributed by atoms with Crippen LogP contribution in [0.2, 0.25) is 0 Å². The Morgan fingerprint density at radius 1 is 1.32 bits per heavy atom. The maximum atomic E-state index is 12.1. The molecule has 0 saturated carbocycles. The van der Waals surface area contributed by atoms with Crippen molar-refractivity contribution in [1.29, 1.82) is 5.26 Å². The molecule has 4 heterocycles. The Bertz CT molecular complexity index is 1150. The molecule has 1 aliphatic heterocycles. The first kappa shape index (κ1) is 18.3. The predicted molar refractivity (Wildman–Crippen MR) is 112 cm³/mol. The van der Waals surface area contributed by atoms with E-state index in [-0.39, 0.29) is 0 Å². The smallest absolute Gasteiger partial charge is 0.138 e. The summed E-state index contributed by atoms with van der Waals surface area (Å²) in [5.74, 6) is 6.53. The fourth-order valence-corrected chi connectivity index (χ4v) is 4.68. The number of nitrogens with zero attached hydrogens (tertiary/aromatic N) is 5. The van der Waals surface area contributed by atoms with Gasteiger partial charge in [-0.1, -0.05) is 0 Å². The quantitative estimate of drug-likeness (QED) is 0.630. The lowest BCUT2D eigenvalue weighted by atomic mass is 10.1. The summed E-state index contributed by atoms with van der Waals surface area (Å²) >= 11 is 0. The number of pyridine rings is 2. The number of hydrogen-bond acceptors (Lipinski definition) is 6. The minimum atomic E-state index is -1.93. The molecule has 7 nitrogen and oxygen atoms in total. The number of ether oxygens (including phenoxy) is 1. The van der Waals surface area contributed by atoms with Gasteiger partial charge in [0, 0.05) is 41.9 Å². The van der Waals surface area contributed by atoms with Crippen LogP contribution in [0, 0.1) is 11.3 Å². The minimum Gasteiger partial charge on any atom is -0.492 e. The van der Waals surface area contributed by atoms with E-state index in [1.54, 1.807) is 23.1 Å². The van der Waals surface area contributed by atoms with Crippen LogP contribution in [0.25, 0.3) is 16.6 Å². The summed E-state index contributed by atoms with van der Waals surface area (Å²) in [4.78, 5) is 6.74. The van der Waals surface area contributed by atoms with E-state index in [2.05, 4.69) is 26.9 Å². The molecule has 28 heavy (non-hydrogen) atoms. The van der Waals surface area contributed by atoms with Crippen molar-refractivity contribution in [2.24, 2.45) is 0 Å². The van der Waals surface area contributed by atoms with Gasteiger partial charge in [-0.05, 0) is 40.5 Å². The first-order chi connectivity index (χ1) is 13.5. The molecule has 0 radical (unpaired) electrons. The predicted octanol–water partition coefficient (Wildman–Crippen LogP) is 2.20. The Morgan fingerprint density at radius 3 is 2.75 bits per heavy atom. The number of aromatic nitrogens is 3. The van der Waals surface area contributed by atoms with Crippen LogP contribution >= 0.6 is 0 Å². The first-order valence-corrected chi connectivity index (χ1v) is 11.2. The number of rotatable bonds is 4. The van der Waals surface area contributed by atoms with Crippen molar-refractivity contribution in [3.8, 4) is 22.9 Å². The zero-order valence-electron chi connectivity index (χ0n) is 15.7. The maximum absolute atomic E-state index is 12.1. The number of anilines is 1. The van der Waals surface area contributed by atoms with Crippen molar-refractivity contribution in [1.82, 2.24) is 14.6 Å². The highest BCUT2D eigenvalue weighted by Crippen LogP contribution is 2.31. The highest BCUT2D eigenvalue weighted by molar-refractivity contribution is 8.00. The average molecular weight is 395 g/mol. The molecule has 0 aliphatic carbocycles. The van der Waals surface area contributed by atoms with Gasteiger partial charge in [-0.15, -0.1) is 0 Å². The van der Waals surface area contributed by atoms with Crippen molar-refractivity contribution in [2.75, 3.05) is 36.1 Å². The lowest BCUT2D eigenvalue weighted by Crippen LogP contribution is -2.40. The summed E-state index contributed by atoms with van der Waals surface area (Å²) in [6, 6.07) is 8.05. The molecule has 0 amide bonds. The molecular formula is C20H21N5O2S. The molecule has 144 valence electrons. The monoisotopic (exact) mass is 395 g/mol. The average Bonchev–Trinajstić information content (AvgIpc) is 3.11. The van der Waals surface area contributed by atoms with Crippen LogP contribution in [-0.2, 0) is 9.52 Å². The van der Waals surface area contributed by atoms with Crippen molar-refractivity contribution >= 4 is 26.7 Å². The second-order valence-corrected chi connectivity index (χ2v) is 9.50. The van der Waals surface area contributed by atoms with Crippen molar-refractivity contribution in [2.45, 2.75) is 6.92 Å². The second-order valence-electron chi connectivity index (χ2n) is 6.75. The Morgan fingerprint density at radius 2 is 2.11 bits per heavy atom. The molecule has 1 fully saturated rings. The van der Waals surface area contributed by atoms with Gasteiger partial charge in [0.15, 0.2) is 0 Å². The second kappa shape index (κ2) is 7.17. The van der Waals surface area contributed by atoms with E-state index in [9.17, 15) is 9.47 Å². The minimum absolute atomic E-state index is 0.503. The number of hydrogen-bond donors (Lipinski definition) is 0. The lowest BCUT2D eigenvalue weighted by molar-refractivity contribution is 0.338. The molecule has 1 saturated heterocycles. The molecule has 3 aromatic heterocycles. The van der Waals surface area contributed by atoms with Gasteiger partial charge in [0.2, 0.25) is 0 Å². The molecule has 0 spiro atoms. The maximum Gasteiger partial charge on any atom is 0.138 e. The van der Waals surface area contributed by atoms with Crippen molar-refractivity contribution < 1.29 is 8.95 Å². The third kappa shape index (κ3) is 3.41. The van der Waals surface area contributed by atoms with Gasteiger partial charge in [0.25, 0.3) is 0 Å². The molecule has 3 aromatic rings. The number of fused-ring (bicyclic) bond motifs is 1. The molecule has 1 aliphatic rings. The summed E-state index contributed by atoms with van der Waals surface area (Å²) < 4.78 is 19.4. The molecular weight excluding hydrogens is 374 g/mol. The first-order valence-electron chi connectivity index (χ1n) is 9.09. The number of nitriles is 1. The fraction of sp³-hybridized carbons (Fsp3) is 0.300. The normalized spacial score (nSPS) is 16.1. The summed E-state index contributed by atoms with van der Waals surface area (Å²) in [6.07, 6.45) is 5.13. The molecule has 8 heteroatoms. The van der Waals surface area contributed by atoms with Gasteiger partial charge in [-0.2, -0.15) is 10.4 Å². The summed E-state index contributed by atoms with van der Waals surface area (Å²) in [6.45, 7) is 3.85. The molecule has 0 atom stereocenters. The van der Waals surface area contributed by atoms with E-state index in [0.29, 0.717) is 42.5 Å². The Balaban J connectivity index is 1.72. The third-order valence-electron chi connectivity index (χ3n) is 4.87. The molecule has 0 N–H and O–H groups in total. The summed E-state index contributed by atoms with van der Waals surface area (Å²) in [5, 5.41) is 13.7. The standard InChI is InChI=1S/C20H21N5O2S/c1-3-27-17-10-18(20-16(11-21)13-23-25(20)14-17)15-4-5-19(22-12-15)24-6-8-28(2,26)9-7-24/h4-5,10,12-14H,2-3,6-9H2,1H3. The SMILES string of the molecule is C=S1(=O)CCN(c2ccc(-c3cc(OCC)cn4ncc(C#N)c34)cn2)CC1. The zero-order valence-corrected chi connectivity index (χ0v) is 16.5. The van der Waals surface area contributed by atoms with E-state index >= 15 is 0 Å². The van der Waals surface area contributed by atoms with Crippen LogP contribution in [0.1, 0.15) is 12.5 Å². The van der Waals surface area contributed by atoms with Gasteiger partial charge in [-0.3, -0.25) is 4.21 Å². The Labute approximate surface area is 164 Å². The van der Waals surface area contributed by atoms with Crippen molar-refractivity contribution in [3.05, 3.63) is 42.4 Å². The van der Waals surface area contributed by atoms with Crippen molar-refractivity contribution in [3.63, 3.8) is 0 Å². The van der Waals surface area contributed by atoms with E-state index in [4.69, 9.17) is 4.74 Å². The molecule has 0 bridgehead atoms. The van der Waals surface area contributed by atoms with E-state index in [0.717, 1.165) is 22.5 Å². The van der Waals surface area contributed by atoms with Gasteiger partial charge in [0.1, 0.15) is 17.6 Å². The zero-order chi connectivity index (χ0) is 19.7. The molecule has 0 aromatic carbocycles. The van der Waals surface area contributed by atoms with Crippen LogP contribution in [-0.4, -0.2) is 55.9 Å². The van der Waals surface area contributed by atoms with E-state index in [1.165, 1.54) is 0 Å². The highest BCUT2D eigenvalue weighted by atomic mass is 32.2. The third-order valence-corrected chi connectivity index (χ3v) is 6.72. The molecule has 0 unspecified atom stereocenters. The van der Waals surface area contributed by atoms with Crippen LogP contribution in [0.3, 0.4) is 0 Å². The molecule has 4 rings (SSSR count). The van der Waals surface area contributed by atoms with Gasteiger partial charge in [-0.25, -0.2) is 9.50 Å². The van der Waals surface area contributed by atoms with E-state index in [1.807, 2.05) is 25.1 Å². The topological polar surface area (TPSA) is 83.5 Å². The van der Waals surface area contributed by atoms with Crippen LogP contribution in [0.4, 0.5) is 5.82 Å². The highest BCUT2D eigenvalue weighted by Gasteiger charge is 2.19. The lowest BCUT2D eigenvalue weighted by Gasteiger charge is -2.29. The fourth-order valence-electron chi connectivity index (χ4n) is 3.37. The van der Waals surface area contributed by atoms with Gasteiger partial charge < -0.3 is 9.64 Å². The largest absolute Gasteiger partial charge is 0.492 e. The van der Waals surface area contributed by atoms with Gasteiger partial charge in [0.05, 0.1) is 30.1 Å². The Kier molecular flexibility index (Phi) is 4.69.